The van der Waals surface area contributed by atoms with Crippen LogP contribution >= 0.6 is 0 Å². The first-order chi connectivity index (χ1) is 14.2. The van der Waals surface area contributed by atoms with Gasteiger partial charge in [0.2, 0.25) is 5.91 Å². The van der Waals surface area contributed by atoms with Gasteiger partial charge in [0.1, 0.15) is 5.82 Å². The fourth-order valence-corrected chi connectivity index (χ4v) is 4.25. The van der Waals surface area contributed by atoms with Crippen molar-refractivity contribution in [3.8, 4) is 0 Å². The lowest BCUT2D eigenvalue weighted by molar-refractivity contribution is -0.139. The third-order valence-corrected chi connectivity index (χ3v) is 6.14. The zero-order valence-electron chi connectivity index (χ0n) is 16.3. The van der Waals surface area contributed by atoms with E-state index in [9.17, 15) is 9.59 Å². The minimum atomic E-state index is -0.272. The summed E-state index contributed by atoms with van der Waals surface area (Å²) in [6, 6.07) is 9.91. The second kappa shape index (κ2) is 7.42. The van der Waals surface area contributed by atoms with E-state index in [4.69, 9.17) is 4.98 Å². The number of amides is 1. The molecule has 1 saturated carbocycles. The Balaban J connectivity index is 1.43. The number of likely N-dealkylation sites (tertiary alicyclic amines) is 1. The van der Waals surface area contributed by atoms with Crippen molar-refractivity contribution in [2.45, 2.75) is 44.6 Å². The van der Waals surface area contributed by atoms with Crippen molar-refractivity contribution in [1.29, 1.82) is 0 Å². The lowest BCUT2D eigenvalue weighted by atomic mass is 9.83. The van der Waals surface area contributed by atoms with Crippen LogP contribution in [0.2, 0.25) is 0 Å². The molecule has 0 radical (unpaired) electrons. The zero-order valence-corrected chi connectivity index (χ0v) is 16.3. The van der Waals surface area contributed by atoms with Crippen LogP contribution in [0.15, 0.2) is 35.1 Å². The molecule has 5 rings (SSSR count). The van der Waals surface area contributed by atoms with Gasteiger partial charge < -0.3 is 9.88 Å². The molecule has 0 bridgehead atoms. The van der Waals surface area contributed by atoms with Gasteiger partial charge in [-0.2, -0.15) is 0 Å². The number of benzene rings is 1. The second-order valence-corrected chi connectivity index (χ2v) is 8.11. The molecule has 0 unspecified atom stereocenters. The number of nitrogens with zero attached hydrogens (tertiary/aromatic N) is 5. The van der Waals surface area contributed by atoms with Crippen LogP contribution in [0.1, 0.15) is 49.4 Å². The van der Waals surface area contributed by atoms with Crippen LogP contribution in [0.3, 0.4) is 0 Å². The average molecular weight is 392 g/mol. The van der Waals surface area contributed by atoms with E-state index in [2.05, 4.69) is 15.3 Å². The van der Waals surface area contributed by atoms with Crippen LogP contribution in [0.25, 0.3) is 11.2 Å². The molecule has 1 aliphatic carbocycles. The molecule has 2 aliphatic rings. The second-order valence-electron chi connectivity index (χ2n) is 8.11. The van der Waals surface area contributed by atoms with E-state index in [1.807, 2.05) is 35.2 Å². The molecule has 1 N–H and O–H groups in total. The smallest absolute Gasteiger partial charge is 0.281 e. The number of hydrogen-bond donors (Lipinski definition) is 1. The quantitative estimate of drug-likeness (QED) is 0.733. The number of H-pyrrole nitrogens is 1. The SMILES string of the molecule is O=C(C1CCC1)N1CCC[C@H](c2nc3c(nnn3Cc3ccccc3)c(=O)[nH]2)C1. The number of piperidine rings is 1. The van der Waals surface area contributed by atoms with Crippen LogP contribution in [0.5, 0.6) is 0 Å². The number of nitrogens with one attached hydrogen (secondary N) is 1. The summed E-state index contributed by atoms with van der Waals surface area (Å²) >= 11 is 0. The predicted molar refractivity (Wildman–Crippen MR) is 107 cm³/mol. The van der Waals surface area contributed by atoms with E-state index in [0.717, 1.165) is 44.2 Å². The minimum Gasteiger partial charge on any atom is -0.342 e. The highest BCUT2D eigenvalue weighted by molar-refractivity contribution is 5.79. The first kappa shape index (κ1) is 18.0. The lowest BCUT2D eigenvalue weighted by Gasteiger charge is -2.36. The van der Waals surface area contributed by atoms with Crippen molar-refractivity contribution in [2.75, 3.05) is 13.1 Å². The van der Waals surface area contributed by atoms with Gasteiger partial charge in [-0.15, -0.1) is 5.10 Å². The summed E-state index contributed by atoms with van der Waals surface area (Å²) in [7, 11) is 0. The van der Waals surface area contributed by atoms with Crippen molar-refractivity contribution in [3.05, 3.63) is 52.1 Å². The summed E-state index contributed by atoms with van der Waals surface area (Å²) in [4.78, 5) is 34.8. The molecule has 2 fully saturated rings. The fourth-order valence-electron chi connectivity index (χ4n) is 4.25. The van der Waals surface area contributed by atoms with Crippen LogP contribution in [-0.4, -0.2) is 48.9 Å². The van der Waals surface area contributed by atoms with Crippen molar-refractivity contribution in [2.24, 2.45) is 5.92 Å². The van der Waals surface area contributed by atoms with Gasteiger partial charge in [0.25, 0.3) is 5.56 Å². The highest BCUT2D eigenvalue weighted by atomic mass is 16.2. The number of aromatic amines is 1. The van der Waals surface area contributed by atoms with Gasteiger partial charge in [-0.3, -0.25) is 9.59 Å². The molecule has 8 nitrogen and oxygen atoms in total. The van der Waals surface area contributed by atoms with Gasteiger partial charge in [-0.1, -0.05) is 42.0 Å². The summed E-state index contributed by atoms with van der Waals surface area (Å²) in [6.45, 7) is 1.92. The Bertz CT molecular complexity index is 1090. The van der Waals surface area contributed by atoms with E-state index in [0.29, 0.717) is 24.6 Å². The highest BCUT2D eigenvalue weighted by Gasteiger charge is 2.33. The van der Waals surface area contributed by atoms with Gasteiger partial charge in [-0.05, 0) is 31.2 Å². The highest BCUT2D eigenvalue weighted by Crippen LogP contribution is 2.31. The third kappa shape index (κ3) is 3.43. The largest absolute Gasteiger partial charge is 0.342 e. The Morgan fingerprint density at radius 3 is 2.72 bits per heavy atom. The zero-order chi connectivity index (χ0) is 19.8. The van der Waals surface area contributed by atoms with Crippen LogP contribution < -0.4 is 5.56 Å². The first-order valence-corrected chi connectivity index (χ1v) is 10.3. The molecule has 1 aromatic carbocycles. The Morgan fingerprint density at radius 1 is 1.14 bits per heavy atom. The molecule has 150 valence electrons. The van der Waals surface area contributed by atoms with Crippen molar-refractivity contribution < 1.29 is 4.79 Å². The average Bonchev–Trinajstić information content (AvgIpc) is 3.11. The molecule has 3 aromatic rings. The number of hydrogen-bond acceptors (Lipinski definition) is 5. The normalized spacial score (nSPS) is 20.0. The molecule has 1 saturated heterocycles. The van der Waals surface area contributed by atoms with Gasteiger partial charge in [0.05, 0.1) is 6.54 Å². The van der Waals surface area contributed by atoms with Crippen LogP contribution in [-0.2, 0) is 11.3 Å². The van der Waals surface area contributed by atoms with Crippen LogP contribution in [0, 0.1) is 5.92 Å². The standard InChI is InChI=1S/C21H24N6O2/c28-20-17-19(27(25-24-17)12-14-6-2-1-3-7-14)22-18(23-20)16-10-5-11-26(13-16)21(29)15-8-4-9-15/h1-3,6-7,15-16H,4-5,8-13H2,(H,22,23,28)/t16-/m0/s1. The molecule has 2 aromatic heterocycles. The number of carbonyl (C=O) groups excluding carboxylic acids is 1. The predicted octanol–water partition coefficient (Wildman–Crippen LogP) is 2.07. The van der Waals surface area contributed by atoms with Crippen molar-refractivity contribution in [1.82, 2.24) is 29.9 Å². The van der Waals surface area contributed by atoms with E-state index in [1.165, 1.54) is 0 Å². The van der Waals surface area contributed by atoms with E-state index in [1.54, 1.807) is 4.68 Å². The maximum absolute atomic E-state index is 12.7. The molecule has 8 heteroatoms. The topological polar surface area (TPSA) is 96.8 Å². The molecular formula is C21H24N6O2. The summed E-state index contributed by atoms with van der Waals surface area (Å²) < 4.78 is 1.67. The van der Waals surface area contributed by atoms with E-state index in [-0.39, 0.29) is 28.8 Å². The number of carbonyl (C=O) groups is 1. The molecule has 3 heterocycles. The summed E-state index contributed by atoms with van der Waals surface area (Å²) in [5.74, 6) is 1.12. The fraction of sp³-hybridized carbons (Fsp3) is 0.476. The monoisotopic (exact) mass is 392 g/mol. The lowest BCUT2D eigenvalue weighted by Crippen LogP contribution is -2.44. The third-order valence-electron chi connectivity index (χ3n) is 6.14. The minimum absolute atomic E-state index is 0.0324. The maximum Gasteiger partial charge on any atom is 0.281 e. The van der Waals surface area contributed by atoms with E-state index < -0.39 is 0 Å². The molecule has 1 amide bonds. The Morgan fingerprint density at radius 2 is 1.97 bits per heavy atom. The summed E-state index contributed by atoms with van der Waals surface area (Å²) in [5.41, 5.74) is 1.54. The van der Waals surface area contributed by atoms with Gasteiger partial charge in [0, 0.05) is 24.9 Å². The molecule has 1 atom stereocenters. The first-order valence-electron chi connectivity index (χ1n) is 10.3. The summed E-state index contributed by atoms with van der Waals surface area (Å²) in [5, 5.41) is 8.17. The Labute approximate surface area is 167 Å². The molecule has 1 aliphatic heterocycles. The maximum atomic E-state index is 12.7. The number of rotatable bonds is 4. The van der Waals surface area contributed by atoms with Crippen LogP contribution in [0.4, 0.5) is 0 Å². The number of aromatic nitrogens is 5. The Kier molecular flexibility index (Phi) is 4.61. The molecule has 29 heavy (non-hydrogen) atoms. The number of fused-ring (bicyclic) bond motifs is 1. The summed E-state index contributed by atoms with van der Waals surface area (Å²) in [6.07, 6.45) is 4.99. The van der Waals surface area contributed by atoms with Crippen molar-refractivity contribution >= 4 is 17.1 Å². The Hall–Kier alpha value is -3.03. The van der Waals surface area contributed by atoms with Gasteiger partial charge >= 0.3 is 0 Å². The van der Waals surface area contributed by atoms with Gasteiger partial charge in [0.15, 0.2) is 11.2 Å². The van der Waals surface area contributed by atoms with E-state index >= 15 is 0 Å². The molecule has 0 spiro atoms. The van der Waals surface area contributed by atoms with Gasteiger partial charge in [-0.25, -0.2) is 9.67 Å². The molecular weight excluding hydrogens is 368 g/mol. The van der Waals surface area contributed by atoms with Crippen molar-refractivity contribution in [3.63, 3.8) is 0 Å².